The highest BCUT2D eigenvalue weighted by Crippen LogP contribution is 2.34. The van der Waals surface area contributed by atoms with Crippen molar-refractivity contribution in [2.24, 2.45) is 12.5 Å². The van der Waals surface area contributed by atoms with Crippen LogP contribution in [0.4, 0.5) is 5.69 Å². The first-order valence-electron chi connectivity index (χ1n) is 12.3. The number of carbonyl (C=O) groups is 3. The molecular weight excluding hydrogens is 460 g/mol. The fraction of sp³-hybridized carbons (Fsp3) is 0.462. The van der Waals surface area contributed by atoms with Crippen molar-refractivity contribution in [3.05, 3.63) is 53.9 Å². The number of hydrogen-bond acceptors (Lipinski definition) is 6. The number of aryl methyl sites for hydroxylation is 1. The first-order valence-corrected chi connectivity index (χ1v) is 12.3. The molecule has 4 rings (SSSR count). The first kappa shape index (κ1) is 25.4. The van der Waals surface area contributed by atoms with Gasteiger partial charge in [-0.3, -0.25) is 24.0 Å². The quantitative estimate of drug-likeness (QED) is 0.559. The number of carbonyl (C=O) groups excluding carboxylic acids is 3. The standard InChI is InChI=1S/C26H34N6O4/c1-19-21(16-29-31(19)2)30-23(33)17-32-14-7-11-26(18-32)10-5-6-15-36-22-9-4-3-8-20(22)24(34)27-12-13-28-25(26)35/h3-6,8-9,16H,7,10-15,17-18H2,1-2H3,(H,27,34)(H,28,35)(H,30,33)/b6-5-. The van der Waals surface area contributed by atoms with E-state index in [1.54, 1.807) is 29.1 Å². The number of fused-ring (bicyclic) bond motifs is 1. The molecule has 10 heteroatoms. The van der Waals surface area contributed by atoms with Crippen molar-refractivity contribution in [2.75, 3.05) is 44.6 Å². The van der Waals surface area contributed by atoms with Gasteiger partial charge in [0.25, 0.3) is 5.91 Å². The number of amides is 3. The largest absolute Gasteiger partial charge is 0.489 e. The molecule has 3 amide bonds. The molecule has 3 heterocycles. The van der Waals surface area contributed by atoms with Crippen LogP contribution in [0.1, 0.15) is 35.3 Å². The molecule has 2 aromatic rings. The Labute approximate surface area is 211 Å². The van der Waals surface area contributed by atoms with Crippen molar-refractivity contribution in [1.29, 1.82) is 0 Å². The maximum absolute atomic E-state index is 13.4. The molecule has 0 saturated carbocycles. The van der Waals surface area contributed by atoms with Gasteiger partial charge >= 0.3 is 0 Å². The summed E-state index contributed by atoms with van der Waals surface area (Å²) < 4.78 is 7.54. The second-order valence-electron chi connectivity index (χ2n) is 9.40. The minimum atomic E-state index is -0.661. The molecule has 1 saturated heterocycles. The second kappa shape index (κ2) is 11.4. The van der Waals surface area contributed by atoms with Crippen LogP contribution in [0.15, 0.2) is 42.6 Å². The number of rotatable bonds is 3. The van der Waals surface area contributed by atoms with Gasteiger partial charge in [-0.2, -0.15) is 5.10 Å². The normalized spacial score (nSPS) is 22.5. The van der Waals surface area contributed by atoms with Gasteiger partial charge in [0, 0.05) is 26.7 Å². The number of nitrogens with one attached hydrogen (secondary N) is 3. The number of para-hydroxylation sites is 1. The lowest BCUT2D eigenvalue weighted by molar-refractivity contribution is -0.135. The molecule has 1 aromatic heterocycles. The Kier molecular flexibility index (Phi) is 8.04. The zero-order valence-electron chi connectivity index (χ0n) is 20.9. The number of anilines is 1. The van der Waals surface area contributed by atoms with Crippen molar-refractivity contribution in [1.82, 2.24) is 25.3 Å². The number of nitrogens with zero attached hydrogens (tertiary/aromatic N) is 3. The molecule has 2 aliphatic rings. The van der Waals surface area contributed by atoms with E-state index in [2.05, 4.69) is 21.0 Å². The number of allylic oxidation sites excluding steroid dienone is 1. The molecular formula is C26H34N6O4. The van der Waals surface area contributed by atoms with Crippen LogP contribution < -0.4 is 20.7 Å². The van der Waals surface area contributed by atoms with Gasteiger partial charge in [-0.1, -0.05) is 24.3 Å². The van der Waals surface area contributed by atoms with E-state index in [9.17, 15) is 14.4 Å². The smallest absolute Gasteiger partial charge is 0.255 e. The van der Waals surface area contributed by atoms with Crippen LogP contribution in [0.2, 0.25) is 0 Å². The maximum atomic E-state index is 13.4. The van der Waals surface area contributed by atoms with Gasteiger partial charge in [0.2, 0.25) is 11.8 Å². The summed E-state index contributed by atoms with van der Waals surface area (Å²) in [6.45, 7) is 4.23. The Morgan fingerprint density at radius 3 is 2.81 bits per heavy atom. The van der Waals surface area contributed by atoms with Gasteiger partial charge < -0.3 is 20.7 Å². The van der Waals surface area contributed by atoms with Crippen molar-refractivity contribution in [3.63, 3.8) is 0 Å². The van der Waals surface area contributed by atoms with Crippen LogP contribution in [-0.4, -0.2) is 71.7 Å². The molecule has 0 aliphatic carbocycles. The predicted molar refractivity (Wildman–Crippen MR) is 136 cm³/mol. The average Bonchev–Trinajstić information content (AvgIpc) is 3.18. The van der Waals surface area contributed by atoms with E-state index < -0.39 is 5.41 Å². The summed E-state index contributed by atoms with van der Waals surface area (Å²) in [5.41, 5.74) is 1.38. The highest BCUT2D eigenvalue weighted by molar-refractivity contribution is 5.97. The van der Waals surface area contributed by atoms with E-state index in [4.69, 9.17) is 4.74 Å². The molecule has 10 nitrogen and oxygen atoms in total. The fourth-order valence-electron chi connectivity index (χ4n) is 4.75. The van der Waals surface area contributed by atoms with Crippen LogP contribution >= 0.6 is 0 Å². The molecule has 1 fully saturated rings. The van der Waals surface area contributed by atoms with Gasteiger partial charge in [-0.25, -0.2) is 0 Å². The lowest BCUT2D eigenvalue weighted by atomic mass is 9.76. The fourth-order valence-corrected chi connectivity index (χ4v) is 4.75. The molecule has 0 bridgehead atoms. The van der Waals surface area contributed by atoms with Gasteiger partial charge in [-0.05, 0) is 44.9 Å². The maximum Gasteiger partial charge on any atom is 0.255 e. The van der Waals surface area contributed by atoms with Crippen LogP contribution in [0.3, 0.4) is 0 Å². The Bertz CT molecular complexity index is 1140. The SMILES string of the molecule is Cc1c(NC(=O)CN2CCCC3(C/C=C\COc4ccccc4C(=O)NCCNC3=O)C2)cnn1C. The first-order chi connectivity index (χ1) is 17.4. The molecule has 2 aliphatic heterocycles. The Balaban J connectivity index is 1.44. The summed E-state index contributed by atoms with van der Waals surface area (Å²) in [6, 6.07) is 7.11. The lowest BCUT2D eigenvalue weighted by Crippen LogP contribution is -2.53. The minimum Gasteiger partial charge on any atom is -0.489 e. The molecule has 0 radical (unpaired) electrons. The van der Waals surface area contributed by atoms with Crippen molar-refractivity contribution >= 4 is 23.4 Å². The zero-order chi connectivity index (χ0) is 25.5. The van der Waals surface area contributed by atoms with Gasteiger partial charge in [0.05, 0.1) is 35.1 Å². The Morgan fingerprint density at radius 1 is 1.19 bits per heavy atom. The number of likely N-dealkylation sites (tertiary alicyclic amines) is 1. The third-order valence-corrected chi connectivity index (χ3v) is 6.85. The minimum absolute atomic E-state index is 0.0620. The van der Waals surface area contributed by atoms with E-state index in [1.165, 1.54) is 0 Å². The third kappa shape index (κ3) is 5.93. The van der Waals surface area contributed by atoms with Crippen molar-refractivity contribution in [2.45, 2.75) is 26.2 Å². The summed E-state index contributed by atoms with van der Waals surface area (Å²) in [4.78, 5) is 40.7. The molecule has 1 aromatic carbocycles. The van der Waals surface area contributed by atoms with Crippen molar-refractivity contribution in [3.8, 4) is 5.75 Å². The Morgan fingerprint density at radius 2 is 2.00 bits per heavy atom. The summed E-state index contributed by atoms with van der Waals surface area (Å²) >= 11 is 0. The highest BCUT2D eigenvalue weighted by atomic mass is 16.5. The van der Waals surface area contributed by atoms with E-state index in [0.29, 0.717) is 49.7 Å². The lowest BCUT2D eigenvalue weighted by Gasteiger charge is -2.41. The van der Waals surface area contributed by atoms with Gasteiger partial charge in [-0.15, -0.1) is 0 Å². The van der Waals surface area contributed by atoms with Crippen LogP contribution in [0.25, 0.3) is 0 Å². The topological polar surface area (TPSA) is 118 Å². The predicted octanol–water partition coefficient (Wildman–Crippen LogP) is 1.63. The second-order valence-corrected chi connectivity index (χ2v) is 9.40. The van der Waals surface area contributed by atoms with E-state index in [0.717, 1.165) is 25.1 Å². The summed E-state index contributed by atoms with van der Waals surface area (Å²) in [6.07, 6.45) is 7.55. The van der Waals surface area contributed by atoms with E-state index >= 15 is 0 Å². The average molecular weight is 495 g/mol. The van der Waals surface area contributed by atoms with Gasteiger partial charge in [0.1, 0.15) is 12.4 Å². The molecule has 1 unspecified atom stereocenters. The Hall–Kier alpha value is -3.66. The summed E-state index contributed by atoms with van der Waals surface area (Å²) in [5, 5.41) is 12.9. The molecule has 1 spiro atoms. The molecule has 3 N–H and O–H groups in total. The third-order valence-electron chi connectivity index (χ3n) is 6.85. The monoisotopic (exact) mass is 494 g/mol. The van der Waals surface area contributed by atoms with Gasteiger partial charge in [0.15, 0.2) is 0 Å². The molecule has 192 valence electrons. The van der Waals surface area contributed by atoms with Crippen LogP contribution in [-0.2, 0) is 16.6 Å². The number of ether oxygens (including phenoxy) is 1. The highest BCUT2D eigenvalue weighted by Gasteiger charge is 2.41. The summed E-state index contributed by atoms with van der Waals surface area (Å²) in [7, 11) is 1.83. The van der Waals surface area contributed by atoms with E-state index in [-0.39, 0.29) is 24.3 Å². The number of hydrogen-bond donors (Lipinski definition) is 3. The van der Waals surface area contributed by atoms with E-state index in [1.807, 2.05) is 37.1 Å². The van der Waals surface area contributed by atoms with Crippen LogP contribution in [0, 0.1) is 12.3 Å². The summed E-state index contributed by atoms with van der Waals surface area (Å²) in [5.74, 6) is 0.0891. The number of benzene rings is 1. The molecule has 36 heavy (non-hydrogen) atoms. The zero-order valence-corrected chi connectivity index (χ0v) is 20.9. The molecule has 1 atom stereocenters. The number of aromatic nitrogens is 2. The van der Waals surface area contributed by atoms with Crippen LogP contribution in [0.5, 0.6) is 5.75 Å². The number of piperidine rings is 1. The van der Waals surface area contributed by atoms with Crippen molar-refractivity contribution < 1.29 is 19.1 Å².